The van der Waals surface area contributed by atoms with E-state index in [0.717, 1.165) is 12.5 Å². The van der Waals surface area contributed by atoms with Crippen molar-refractivity contribution in [3.63, 3.8) is 0 Å². The van der Waals surface area contributed by atoms with Crippen molar-refractivity contribution in [1.29, 1.82) is 0 Å². The summed E-state index contributed by atoms with van der Waals surface area (Å²) in [5.74, 6) is 0.775. The SMILES string of the molecule is [NH2+]=C(/C=C\c1ncc(-c2cc(N3CCCC(CN[SH+](=O)C(F)(F)F)C3)ncn2)[nH]1)C(F)F. The van der Waals surface area contributed by atoms with Crippen molar-refractivity contribution in [3.8, 4) is 11.4 Å². The highest BCUT2D eigenvalue weighted by Gasteiger charge is 2.44. The van der Waals surface area contributed by atoms with Gasteiger partial charge in [0.25, 0.3) is 0 Å². The third-order valence-corrected chi connectivity index (χ3v) is 5.74. The van der Waals surface area contributed by atoms with E-state index in [1.54, 1.807) is 6.07 Å². The monoisotopic (exact) mass is 479 g/mol. The van der Waals surface area contributed by atoms with Gasteiger partial charge in [0, 0.05) is 31.8 Å². The highest BCUT2D eigenvalue weighted by Crippen LogP contribution is 2.25. The van der Waals surface area contributed by atoms with Crippen LogP contribution in [0.2, 0.25) is 0 Å². The minimum absolute atomic E-state index is 0.0157. The molecule has 0 spiro atoms. The van der Waals surface area contributed by atoms with E-state index in [2.05, 4.69) is 24.7 Å². The summed E-state index contributed by atoms with van der Waals surface area (Å²) in [5.41, 5.74) is -4.30. The molecule has 0 bridgehead atoms. The molecule has 2 aromatic heterocycles. The van der Waals surface area contributed by atoms with Crippen molar-refractivity contribution in [2.24, 2.45) is 5.92 Å². The van der Waals surface area contributed by atoms with Crippen LogP contribution < -0.4 is 15.0 Å². The maximum atomic E-state index is 12.5. The summed E-state index contributed by atoms with van der Waals surface area (Å²) in [4.78, 5) is 17.4. The number of H-pyrrole nitrogens is 1. The van der Waals surface area contributed by atoms with Crippen LogP contribution in [0.15, 0.2) is 24.7 Å². The number of nitrogens with one attached hydrogen (secondary N) is 2. The van der Waals surface area contributed by atoms with E-state index < -0.39 is 28.6 Å². The molecule has 1 saturated heterocycles. The predicted octanol–water partition coefficient (Wildman–Crippen LogP) is 1.28. The van der Waals surface area contributed by atoms with Gasteiger partial charge in [-0.25, -0.2) is 15.0 Å². The van der Waals surface area contributed by atoms with Gasteiger partial charge >= 0.3 is 11.9 Å². The second-order valence-electron chi connectivity index (χ2n) is 7.16. The first-order chi connectivity index (χ1) is 15.1. The molecule has 1 aliphatic heterocycles. The first kappa shape index (κ1) is 23.9. The molecule has 3 heterocycles. The molecule has 2 aromatic rings. The van der Waals surface area contributed by atoms with E-state index in [0.29, 0.717) is 42.5 Å². The Labute approximate surface area is 182 Å². The van der Waals surface area contributed by atoms with E-state index in [4.69, 9.17) is 5.41 Å². The van der Waals surface area contributed by atoms with Gasteiger partial charge in [-0.05, 0) is 24.8 Å². The van der Waals surface area contributed by atoms with Crippen LogP contribution in [0.25, 0.3) is 17.5 Å². The van der Waals surface area contributed by atoms with E-state index in [9.17, 15) is 26.2 Å². The van der Waals surface area contributed by atoms with Gasteiger partial charge in [0.1, 0.15) is 18.0 Å². The number of imidazole rings is 1. The molecule has 4 N–H and O–H groups in total. The standard InChI is InChI=1S/C18H20F5N7OS/c19-17(20)12(24)3-4-15-25-8-14(29-15)13-6-16(27-10-26-13)30-5-1-2-11(9-30)7-28-32(31)18(21,22)23/h3-4,6,8,10-11,17,24H,1-2,5,7,9H2,(H,25,29)(H,28,31)/p+2/b4-3-,24-12?. The highest BCUT2D eigenvalue weighted by atomic mass is 32.2. The number of hydrogen-bond donors (Lipinski definition) is 3. The molecule has 8 nitrogen and oxygen atoms in total. The summed E-state index contributed by atoms with van der Waals surface area (Å²) in [6.07, 6.45) is 3.91. The van der Waals surface area contributed by atoms with Crippen LogP contribution in [0, 0.1) is 5.92 Å². The molecular formula is C18H22F5N7OS+2. The Morgan fingerprint density at radius 3 is 2.88 bits per heavy atom. The molecule has 2 atom stereocenters. The second kappa shape index (κ2) is 10.3. The van der Waals surface area contributed by atoms with Crippen molar-refractivity contribution in [3.05, 3.63) is 30.5 Å². The van der Waals surface area contributed by atoms with E-state index in [1.165, 1.54) is 18.6 Å². The van der Waals surface area contributed by atoms with Crippen molar-refractivity contribution in [2.75, 3.05) is 24.5 Å². The average Bonchev–Trinajstić information content (AvgIpc) is 3.24. The van der Waals surface area contributed by atoms with Gasteiger partial charge in [-0.1, -0.05) is 4.21 Å². The fraction of sp³-hybridized carbons (Fsp3) is 0.444. The van der Waals surface area contributed by atoms with Crippen LogP contribution in [0.3, 0.4) is 0 Å². The van der Waals surface area contributed by atoms with Crippen LogP contribution in [0.1, 0.15) is 18.7 Å². The summed E-state index contributed by atoms with van der Waals surface area (Å²) in [7, 11) is -3.47. The number of nitrogens with zero attached hydrogens (tertiary/aromatic N) is 4. The molecule has 1 aliphatic rings. The maximum absolute atomic E-state index is 12.5. The van der Waals surface area contributed by atoms with Gasteiger partial charge in [-0.2, -0.15) is 8.78 Å². The van der Waals surface area contributed by atoms with Gasteiger partial charge in [0.05, 0.1) is 17.6 Å². The number of alkyl halides is 5. The van der Waals surface area contributed by atoms with Gasteiger partial charge in [0.2, 0.25) is 16.7 Å². The number of aromatic amines is 1. The van der Waals surface area contributed by atoms with Crippen LogP contribution in [0.5, 0.6) is 0 Å². The van der Waals surface area contributed by atoms with Crippen molar-refractivity contribution in [1.82, 2.24) is 24.7 Å². The quantitative estimate of drug-likeness (QED) is 0.229. The van der Waals surface area contributed by atoms with Crippen LogP contribution in [0.4, 0.5) is 27.8 Å². The zero-order chi connectivity index (χ0) is 23.3. The average molecular weight is 479 g/mol. The van der Waals surface area contributed by atoms with Crippen LogP contribution >= 0.6 is 0 Å². The van der Waals surface area contributed by atoms with Crippen LogP contribution in [-0.4, -0.2) is 57.2 Å². The number of nitrogens with two attached hydrogens (primary N) is 1. The van der Waals surface area contributed by atoms with Crippen molar-refractivity contribution >= 4 is 28.6 Å². The second-order valence-corrected chi connectivity index (χ2v) is 8.57. The third kappa shape index (κ3) is 6.38. The Hall–Kier alpha value is -2.74. The summed E-state index contributed by atoms with van der Waals surface area (Å²) in [6, 6.07) is 1.70. The smallest absolute Gasteiger partial charge is 0.356 e. The number of thiol groups is 1. The van der Waals surface area contributed by atoms with Crippen molar-refractivity contribution in [2.45, 2.75) is 24.8 Å². The topological polar surface area (TPSA) is 112 Å². The van der Waals surface area contributed by atoms with Gasteiger partial charge in [0.15, 0.2) is 0 Å². The summed E-state index contributed by atoms with van der Waals surface area (Å²) in [6.45, 7) is 1.10. The molecule has 174 valence electrons. The number of hydrogen-bond acceptors (Lipinski definition) is 5. The Morgan fingerprint density at radius 1 is 1.38 bits per heavy atom. The number of aromatic nitrogens is 4. The minimum Gasteiger partial charge on any atom is -0.356 e. The molecule has 3 rings (SSSR count). The molecule has 2 unspecified atom stereocenters. The minimum atomic E-state index is -4.76. The van der Waals surface area contributed by atoms with Crippen LogP contribution in [-0.2, 0) is 15.2 Å². The fourth-order valence-electron chi connectivity index (χ4n) is 3.21. The molecule has 0 saturated carbocycles. The van der Waals surface area contributed by atoms with Gasteiger partial charge < -0.3 is 9.88 Å². The molecule has 0 radical (unpaired) electrons. The number of halogens is 5. The lowest BCUT2D eigenvalue weighted by Crippen LogP contribution is -2.42. The fourth-order valence-corrected chi connectivity index (χ4v) is 3.81. The van der Waals surface area contributed by atoms with Gasteiger partial charge in [-0.3, -0.25) is 5.41 Å². The van der Waals surface area contributed by atoms with E-state index >= 15 is 0 Å². The zero-order valence-electron chi connectivity index (χ0n) is 16.7. The maximum Gasteiger partial charge on any atom is 0.594 e. The van der Waals surface area contributed by atoms with Crippen molar-refractivity contribution < 1.29 is 31.6 Å². The Morgan fingerprint density at radius 2 is 2.16 bits per heavy atom. The van der Waals surface area contributed by atoms with E-state index in [1.807, 2.05) is 4.90 Å². The lowest BCUT2D eigenvalue weighted by atomic mass is 9.98. The predicted molar refractivity (Wildman–Crippen MR) is 110 cm³/mol. The molecule has 1 fully saturated rings. The van der Waals surface area contributed by atoms with E-state index in [-0.39, 0.29) is 12.5 Å². The zero-order valence-corrected chi connectivity index (χ0v) is 17.6. The summed E-state index contributed by atoms with van der Waals surface area (Å²) in [5, 5.41) is 5.19. The number of allylic oxidation sites excluding steroid dienone is 1. The summed E-state index contributed by atoms with van der Waals surface area (Å²) < 4.78 is 75.5. The Kier molecular flexibility index (Phi) is 7.66. The van der Waals surface area contributed by atoms with Gasteiger partial charge in [-0.15, -0.1) is 17.9 Å². The highest BCUT2D eigenvalue weighted by molar-refractivity contribution is 7.83. The molecule has 0 amide bonds. The number of piperidine rings is 1. The molecule has 0 aromatic carbocycles. The Balaban J connectivity index is 1.66. The summed E-state index contributed by atoms with van der Waals surface area (Å²) >= 11 is 0. The molecule has 0 aliphatic carbocycles. The first-order valence-electron chi connectivity index (χ1n) is 9.62. The number of anilines is 1. The molecular weight excluding hydrogens is 457 g/mol. The molecule has 14 heteroatoms. The molecule has 32 heavy (non-hydrogen) atoms. The third-order valence-electron chi connectivity index (χ3n) is 4.81. The lowest BCUT2D eigenvalue weighted by molar-refractivity contribution is -0.124. The normalized spacial score (nSPS) is 18.4. The lowest BCUT2D eigenvalue weighted by Gasteiger charge is -2.33. The first-order valence-corrected chi connectivity index (χ1v) is 10.9. The Bertz CT molecular complexity index is 994. The number of rotatable bonds is 8. The largest absolute Gasteiger partial charge is 0.594 e.